The molecule has 4 nitrogen and oxygen atoms in total. The molecule has 16 heavy (non-hydrogen) atoms. The summed E-state index contributed by atoms with van der Waals surface area (Å²) in [4.78, 5) is 10.2. The molecule has 0 fully saturated rings. The average Bonchev–Trinajstić information content (AvgIpc) is 2.28. The van der Waals surface area contributed by atoms with Crippen LogP contribution in [-0.2, 0) is 6.61 Å². The van der Waals surface area contributed by atoms with Gasteiger partial charge in [-0.15, -0.1) is 0 Å². The number of aliphatic hydroxyl groups excluding tert-OH is 1. The zero-order valence-corrected chi connectivity index (χ0v) is 9.91. The molecule has 0 atom stereocenters. The Morgan fingerprint density at radius 2 is 2.31 bits per heavy atom. The first-order chi connectivity index (χ1) is 7.72. The van der Waals surface area contributed by atoms with Gasteiger partial charge in [-0.2, -0.15) is 0 Å². The molecule has 1 aromatic heterocycles. The smallest absolute Gasteiger partial charge is 0.140 e. The Morgan fingerprint density at radius 1 is 1.50 bits per heavy atom. The molecule has 2 rings (SSSR count). The third-order valence-electron chi connectivity index (χ3n) is 2.66. The van der Waals surface area contributed by atoms with Gasteiger partial charge in [0, 0.05) is 13.1 Å². The average molecular weight is 240 g/mol. The van der Waals surface area contributed by atoms with Crippen molar-refractivity contribution in [1.29, 1.82) is 0 Å². The van der Waals surface area contributed by atoms with Crippen molar-refractivity contribution in [3.05, 3.63) is 28.7 Å². The number of halogens is 1. The van der Waals surface area contributed by atoms with Gasteiger partial charge in [0.15, 0.2) is 0 Å². The number of rotatable bonds is 2. The van der Waals surface area contributed by atoms with Gasteiger partial charge in [-0.05, 0) is 13.3 Å². The molecule has 0 aromatic carbocycles. The van der Waals surface area contributed by atoms with Gasteiger partial charge in [0.1, 0.15) is 17.3 Å². The molecule has 0 spiro atoms. The van der Waals surface area contributed by atoms with Gasteiger partial charge in [-0.25, -0.2) is 9.97 Å². The molecule has 0 saturated heterocycles. The second-order valence-corrected chi connectivity index (χ2v) is 4.24. The molecule has 0 saturated carbocycles. The molecular weight excluding hydrogens is 226 g/mol. The lowest BCUT2D eigenvalue weighted by Gasteiger charge is -2.28. The van der Waals surface area contributed by atoms with Crippen molar-refractivity contribution in [3.63, 3.8) is 0 Å². The summed E-state index contributed by atoms with van der Waals surface area (Å²) in [7, 11) is 0. The third-order valence-corrected chi connectivity index (χ3v) is 2.99. The molecule has 2 heterocycles. The molecule has 1 aliphatic heterocycles. The molecule has 0 radical (unpaired) electrons. The van der Waals surface area contributed by atoms with Crippen LogP contribution in [0.15, 0.2) is 18.0 Å². The van der Waals surface area contributed by atoms with Gasteiger partial charge in [-0.1, -0.05) is 23.3 Å². The number of nitrogens with zero attached hydrogens (tertiary/aromatic N) is 3. The molecule has 0 aliphatic carbocycles. The van der Waals surface area contributed by atoms with Crippen molar-refractivity contribution in [2.75, 3.05) is 18.0 Å². The van der Waals surface area contributed by atoms with E-state index < -0.39 is 0 Å². The highest BCUT2D eigenvalue weighted by molar-refractivity contribution is 6.30. The molecule has 1 aliphatic rings. The lowest BCUT2D eigenvalue weighted by molar-refractivity contribution is 0.281. The summed E-state index contributed by atoms with van der Waals surface area (Å²) in [5.41, 5.74) is 1.92. The van der Waals surface area contributed by atoms with Crippen molar-refractivity contribution in [2.45, 2.75) is 20.0 Å². The van der Waals surface area contributed by atoms with E-state index in [1.54, 1.807) is 0 Å². The maximum Gasteiger partial charge on any atom is 0.140 e. The molecule has 86 valence electrons. The maximum absolute atomic E-state index is 9.29. The minimum atomic E-state index is -0.131. The van der Waals surface area contributed by atoms with Gasteiger partial charge in [0.25, 0.3) is 0 Å². The van der Waals surface area contributed by atoms with E-state index in [1.807, 2.05) is 0 Å². The number of aromatic nitrogens is 2. The molecule has 0 unspecified atom stereocenters. The molecule has 0 bridgehead atoms. The van der Waals surface area contributed by atoms with E-state index in [4.69, 9.17) is 11.6 Å². The standard InChI is InChI=1S/C11H14ClN3O/c1-8-3-2-4-15(5-8)11-9(6-16)10(12)13-7-14-11/h3,7,16H,2,4-6H2,1H3. The van der Waals surface area contributed by atoms with Crippen LogP contribution in [0.4, 0.5) is 5.82 Å². The van der Waals surface area contributed by atoms with Crippen molar-refractivity contribution in [3.8, 4) is 0 Å². The van der Waals surface area contributed by atoms with Crippen molar-refractivity contribution in [2.24, 2.45) is 0 Å². The predicted molar refractivity (Wildman–Crippen MR) is 63.6 cm³/mol. The van der Waals surface area contributed by atoms with Crippen LogP contribution in [0.1, 0.15) is 18.9 Å². The van der Waals surface area contributed by atoms with Crippen LogP contribution >= 0.6 is 11.6 Å². The van der Waals surface area contributed by atoms with E-state index in [0.29, 0.717) is 10.7 Å². The predicted octanol–water partition coefficient (Wildman–Crippen LogP) is 1.78. The Bertz CT molecular complexity index is 420. The SMILES string of the molecule is CC1=CCCN(c2ncnc(Cl)c2CO)C1. The summed E-state index contributed by atoms with van der Waals surface area (Å²) in [5.74, 6) is 0.745. The van der Waals surface area contributed by atoms with E-state index in [1.165, 1.54) is 11.9 Å². The zero-order valence-electron chi connectivity index (χ0n) is 9.15. The number of hydrogen-bond donors (Lipinski definition) is 1. The summed E-state index contributed by atoms with van der Waals surface area (Å²) in [6, 6.07) is 0. The zero-order chi connectivity index (χ0) is 11.5. The van der Waals surface area contributed by atoms with Crippen LogP contribution in [0.5, 0.6) is 0 Å². The van der Waals surface area contributed by atoms with E-state index >= 15 is 0 Å². The summed E-state index contributed by atoms with van der Waals surface area (Å²) in [5, 5.41) is 9.62. The first kappa shape index (κ1) is 11.4. The highest BCUT2D eigenvalue weighted by Gasteiger charge is 2.17. The fourth-order valence-corrected chi connectivity index (χ4v) is 2.07. The van der Waals surface area contributed by atoms with E-state index in [2.05, 4.69) is 27.9 Å². The lowest BCUT2D eigenvalue weighted by Crippen LogP contribution is -2.31. The van der Waals surface area contributed by atoms with Crippen LogP contribution < -0.4 is 4.90 Å². The molecule has 0 amide bonds. The molecule has 5 heteroatoms. The third kappa shape index (κ3) is 2.18. The van der Waals surface area contributed by atoms with Crippen LogP contribution in [0.3, 0.4) is 0 Å². The van der Waals surface area contributed by atoms with Crippen molar-refractivity contribution in [1.82, 2.24) is 9.97 Å². The van der Waals surface area contributed by atoms with Crippen molar-refractivity contribution >= 4 is 17.4 Å². The summed E-state index contributed by atoms with van der Waals surface area (Å²) in [6.45, 7) is 3.69. The summed E-state index contributed by atoms with van der Waals surface area (Å²) in [6.07, 6.45) is 4.65. The number of anilines is 1. The second kappa shape index (κ2) is 4.80. The fourth-order valence-electron chi connectivity index (χ4n) is 1.88. The normalized spacial score (nSPS) is 16.2. The fraction of sp³-hybridized carbons (Fsp3) is 0.455. The highest BCUT2D eigenvalue weighted by Crippen LogP contribution is 2.25. The largest absolute Gasteiger partial charge is 0.391 e. The number of hydrogen-bond acceptors (Lipinski definition) is 4. The van der Waals surface area contributed by atoms with Crippen LogP contribution in [0.25, 0.3) is 0 Å². The van der Waals surface area contributed by atoms with Crippen LogP contribution in [-0.4, -0.2) is 28.2 Å². The van der Waals surface area contributed by atoms with Crippen LogP contribution in [0, 0.1) is 0 Å². The molecular formula is C11H14ClN3O. The van der Waals surface area contributed by atoms with Gasteiger partial charge in [0.2, 0.25) is 0 Å². The Labute approximate surface area is 99.6 Å². The van der Waals surface area contributed by atoms with E-state index in [9.17, 15) is 5.11 Å². The molecule has 1 N–H and O–H groups in total. The summed E-state index contributed by atoms with van der Waals surface area (Å²) >= 11 is 5.93. The monoisotopic (exact) mass is 239 g/mol. The first-order valence-corrected chi connectivity index (χ1v) is 5.61. The minimum absolute atomic E-state index is 0.131. The second-order valence-electron chi connectivity index (χ2n) is 3.89. The quantitative estimate of drug-likeness (QED) is 0.631. The number of aliphatic hydroxyl groups is 1. The lowest BCUT2D eigenvalue weighted by atomic mass is 10.1. The Hall–Kier alpha value is -1.13. The Balaban J connectivity index is 2.33. The Morgan fingerprint density at radius 3 is 3.00 bits per heavy atom. The van der Waals surface area contributed by atoms with E-state index in [0.717, 1.165) is 25.3 Å². The van der Waals surface area contributed by atoms with Gasteiger partial charge in [0.05, 0.1) is 12.2 Å². The van der Waals surface area contributed by atoms with Gasteiger partial charge < -0.3 is 10.0 Å². The van der Waals surface area contributed by atoms with E-state index in [-0.39, 0.29) is 6.61 Å². The first-order valence-electron chi connectivity index (χ1n) is 5.23. The minimum Gasteiger partial charge on any atom is -0.391 e. The van der Waals surface area contributed by atoms with Crippen molar-refractivity contribution < 1.29 is 5.11 Å². The Kier molecular flexibility index (Phi) is 3.41. The van der Waals surface area contributed by atoms with Crippen LogP contribution in [0.2, 0.25) is 5.15 Å². The summed E-state index contributed by atoms with van der Waals surface area (Å²) < 4.78 is 0. The van der Waals surface area contributed by atoms with Gasteiger partial charge >= 0.3 is 0 Å². The topological polar surface area (TPSA) is 49.2 Å². The van der Waals surface area contributed by atoms with Gasteiger partial charge in [-0.3, -0.25) is 0 Å². The molecule has 1 aromatic rings. The highest BCUT2D eigenvalue weighted by atomic mass is 35.5. The maximum atomic E-state index is 9.29.